The minimum atomic E-state index is -0.201. The van der Waals surface area contributed by atoms with Gasteiger partial charge in [-0.1, -0.05) is 6.58 Å². The molecule has 1 amide bonds. The van der Waals surface area contributed by atoms with Crippen LogP contribution in [0.5, 0.6) is 0 Å². The third kappa shape index (κ3) is 2.37. The van der Waals surface area contributed by atoms with Crippen molar-refractivity contribution in [3.8, 4) is 0 Å². The first kappa shape index (κ1) is 12.7. The van der Waals surface area contributed by atoms with Gasteiger partial charge in [0.05, 0.1) is 0 Å². The van der Waals surface area contributed by atoms with Crippen molar-refractivity contribution in [2.45, 2.75) is 6.42 Å². The van der Waals surface area contributed by atoms with Crippen LogP contribution in [-0.4, -0.2) is 24.0 Å². The van der Waals surface area contributed by atoms with Crippen LogP contribution in [0, 0.1) is 6.42 Å². The highest BCUT2D eigenvalue weighted by Crippen LogP contribution is 2.28. The van der Waals surface area contributed by atoms with Crippen molar-refractivity contribution in [2.24, 2.45) is 0 Å². The number of fused-ring (bicyclic) bond motifs is 1. The van der Waals surface area contributed by atoms with E-state index in [9.17, 15) is 4.79 Å². The molecule has 0 spiro atoms. The molecule has 0 saturated carbocycles. The van der Waals surface area contributed by atoms with Crippen LogP contribution in [0.1, 0.15) is 6.42 Å². The molecule has 1 aliphatic heterocycles. The lowest BCUT2D eigenvalue weighted by molar-refractivity contribution is -0.111. The molecule has 1 aromatic heterocycles. The van der Waals surface area contributed by atoms with Crippen molar-refractivity contribution in [1.82, 2.24) is 4.98 Å². The van der Waals surface area contributed by atoms with E-state index in [1.54, 1.807) is 0 Å². The second-order valence-corrected chi connectivity index (χ2v) is 4.79. The summed E-state index contributed by atoms with van der Waals surface area (Å²) in [5.41, 5.74) is 0.771. The summed E-state index contributed by atoms with van der Waals surface area (Å²) in [5.74, 6) is 0.811. The zero-order chi connectivity index (χ0) is 13.9. The smallest absolute Gasteiger partial charge is 0.247 e. The van der Waals surface area contributed by atoms with Crippen molar-refractivity contribution in [3.05, 3.63) is 49.5 Å². The third-order valence-corrected chi connectivity index (χ3v) is 3.45. The van der Waals surface area contributed by atoms with Crippen LogP contribution in [-0.2, 0) is 4.79 Å². The number of rotatable bonds is 3. The molecule has 2 aromatic rings. The Morgan fingerprint density at radius 3 is 3.05 bits per heavy atom. The summed E-state index contributed by atoms with van der Waals surface area (Å²) in [6, 6.07) is 7.83. The number of amides is 1. The topological polar surface area (TPSA) is 45.2 Å². The molecule has 0 unspecified atom stereocenters. The van der Waals surface area contributed by atoms with Crippen molar-refractivity contribution in [3.63, 3.8) is 0 Å². The predicted octanol–water partition coefficient (Wildman–Crippen LogP) is 2.77. The molecule has 1 N–H and O–H groups in total. The first-order chi connectivity index (χ1) is 9.78. The lowest BCUT2D eigenvalue weighted by Crippen LogP contribution is -2.19. The van der Waals surface area contributed by atoms with Crippen LogP contribution >= 0.6 is 0 Å². The number of nitrogens with one attached hydrogen (secondary N) is 1. The van der Waals surface area contributed by atoms with Crippen LogP contribution in [0.3, 0.4) is 0 Å². The molecule has 4 nitrogen and oxygen atoms in total. The molecule has 1 saturated heterocycles. The Labute approximate surface area is 118 Å². The van der Waals surface area contributed by atoms with Gasteiger partial charge in [-0.25, -0.2) is 4.98 Å². The molecule has 4 heteroatoms. The number of carbonyl (C=O) groups excluding carboxylic acids is 1. The van der Waals surface area contributed by atoms with E-state index in [1.165, 1.54) is 6.08 Å². The molecular weight excluding hydrogens is 250 g/mol. The van der Waals surface area contributed by atoms with Crippen LogP contribution in [0.15, 0.2) is 43.1 Å². The summed E-state index contributed by atoms with van der Waals surface area (Å²) in [4.78, 5) is 18.1. The van der Waals surface area contributed by atoms with E-state index in [4.69, 9.17) is 0 Å². The molecule has 1 aromatic carbocycles. The first-order valence-electron chi connectivity index (χ1n) is 6.67. The van der Waals surface area contributed by atoms with E-state index in [0.29, 0.717) is 0 Å². The van der Waals surface area contributed by atoms with E-state index in [-0.39, 0.29) is 5.91 Å². The van der Waals surface area contributed by atoms with E-state index < -0.39 is 0 Å². The second-order valence-electron chi connectivity index (χ2n) is 4.79. The van der Waals surface area contributed by atoms with E-state index in [1.807, 2.05) is 30.5 Å². The molecule has 0 aliphatic carbocycles. The van der Waals surface area contributed by atoms with Crippen LogP contribution in [0.2, 0.25) is 0 Å². The maximum absolute atomic E-state index is 11.3. The summed E-state index contributed by atoms with van der Waals surface area (Å²) in [5, 5.41) is 4.96. The van der Waals surface area contributed by atoms with Gasteiger partial charge < -0.3 is 10.2 Å². The Hall–Kier alpha value is -2.36. The summed E-state index contributed by atoms with van der Waals surface area (Å²) < 4.78 is 0. The number of carbonyl (C=O) groups is 1. The van der Waals surface area contributed by atoms with Crippen LogP contribution in [0.4, 0.5) is 11.5 Å². The highest BCUT2D eigenvalue weighted by atomic mass is 16.1. The van der Waals surface area contributed by atoms with Gasteiger partial charge >= 0.3 is 0 Å². The van der Waals surface area contributed by atoms with Gasteiger partial charge in [-0.15, -0.1) is 0 Å². The van der Waals surface area contributed by atoms with Gasteiger partial charge in [0.2, 0.25) is 5.91 Å². The molecule has 3 rings (SSSR count). The Kier molecular flexibility index (Phi) is 3.37. The maximum atomic E-state index is 11.3. The predicted molar refractivity (Wildman–Crippen MR) is 81.7 cm³/mol. The maximum Gasteiger partial charge on any atom is 0.247 e. The molecule has 101 valence electrons. The average Bonchev–Trinajstić information content (AvgIpc) is 3.00. The van der Waals surface area contributed by atoms with Crippen molar-refractivity contribution in [1.29, 1.82) is 0 Å². The lowest BCUT2D eigenvalue weighted by atomic mass is 10.1. The monoisotopic (exact) mass is 266 g/mol. The van der Waals surface area contributed by atoms with E-state index >= 15 is 0 Å². The summed E-state index contributed by atoms with van der Waals surface area (Å²) in [6.07, 6.45) is 6.45. The summed E-state index contributed by atoms with van der Waals surface area (Å²) >= 11 is 0. The molecular formula is C16H16N3O. The van der Waals surface area contributed by atoms with Gasteiger partial charge in [0, 0.05) is 30.4 Å². The van der Waals surface area contributed by atoms with Gasteiger partial charge in [-0.2, -0.15) is 0 Å². The Balaban J connectivity index is 1.99. The molecule has 0 atom stereocenters. The molecule has 0 bridgehead atoms. The number of hydrogen-bond acceptors (Lipinski definition) is 3. The number of anilines is 2. The molecule has 1 aliphatic rings. The third-order valence-electron chi connectivity index (χ3n) is 3.45. The van der Waals surface area contributed by atoms with Gasteiger partial charge in [0.15, 0.2) is 0 Å². The number of aromatic nitrogens is 1. The van der Waals surface area contributed by atoms with Crippen molar-refractivity contribution in [2.75, 3.05) is 23.3 Å². The van der Waals surface area contributed by atoms with Crippen LogP contribution < -0.4 is 10.2 Å². The van der Waals surface area contributed by atoms with E-state index in [0.717, 1.165) is 41.8 Å². The number of pyridine rings is 1. The minimum absolute atomic E-state index is 0.201. The number of hydrogen-bond donors (Lipinski definition) is 1. The second kappa shape index (κ2) is 5.33. The quantitative estimate of drug-likeness (QED) is 0.869. The lowest BCUT2D eigenvalue weighted by Gasteiger charge is -2.18. The zero-order valence-corrected chi connectivity index (χ0v) is 11.2. The molecule has 1 radical (unpaired) electrons. The van der Waals surface area contributed by atoms with Crippen LogP contribution in [0.25, 0.3) is 10.8 Å². The molecule has 2 heterocycles. The first-order valence-corrected chi connectivity index (χ1v) is 6.67. The molecule has 20 heavy (non-hydrogen) atoms. The highest BCUT2D eigenvalue weighted by Gasteiger charge is 2.16. The summed E-state index contributed by atoms with van der Waals surface area (Å²) in [6.45, 7) is 5.41. The largest absolute Gasteiger partial charge is 0.356 e. The van der Waals surface area contributed by atoms with Gasteiger partial charge in [0.1, 0.15) is 5.82 Å². The molecule has 1 fully saturated rings. The standard InChI is InChI=1S/C16H16N3O/c1-2-15(20)18-13-5-6-14-12(11-13)7-8-17-16(14)19-9-3-4-10-19/h2-3,5-8,11H,1,4,9-10H2,(H,18,20). The number of benzene rings is 1. The Bertz CT molecular complexity index is 660. The normalized spacial score (nSPS) is 14.5. The fourth-order valence-corrected chi connectivity index (χ4v) is 2.46. The summed E-state index contributed by atoms with van der Waals surface area (Å²) in [7, 11) is 0. The van der Waals surface area contributed by atoms with Crippen molar-refractivity contribution < 1.29 is 4.79 Å². The van der Waals surface area contributed by atoms with E-state index in [2.05, 4.69) is 28.2 Å². The van der Waals surface area contributed by atoms with Crippen molar-refractivity contribution >= 4 is 28.2 Å². The fourth-order valence-electron chi connectivity index (χ4n) is 2.46. The number of nitrogens with zero attached hydrogens (tertiary/aromatic N) is 2. The highest BCUT2D eigenvalue weighted by molar-refractivity contribution is 6.01. The van der Waals surface area contributed by atoms with Gasteiger partial charge in [-0.05, 0) is 48.6 Å². The van der Waals surface area contributed by atoms with Gasteiger partial charge in [0.25, 0.3) is 0 Å². The Morgan fingerprint density at radius 2 is 2.30 bits per heavy atom. The van der Waals surface area contributed by atoms with Gasteiger partial charge in [-0.3, -0.25) is 4.79 Å². The SMILES string of the molecule is C=CC(=O)Nc1ccc2c(N3C[CH]CC3)nccc2c1. The zero-order valence-electron chi connectivity index (χ0n) is 11.2. The fraction of sp³-hybridized carbons (Fsp3) is 0.188. The average molecular weight is 266 g/mol. The Morgan fingerprint density at radius 1 is 1.40 bits per heavy atom. The minimum Gasteiger partial charge on any atom is -0.356 e.